The Hall–Kier alpha value is -1.65. The number of aryl methyl sites for hydroxylation is 1. The van der Waals surface area contributed by atoms with Gasteiger partial charge in [0.15, 0.2) is 5.11 Å². The zero-order valence-electron chi connectivity index (χ0n) is 15.3. The Morgan fingerprint density at radius 2 is 2.00 bits per heavy atom. The van der Waals surface area contributed by atoms with Gasteiger partial charge in [-0.05, 0) is 68.2 Å². The van der Waals surface area contributed by atoms with Crippen LogP contribution < -0.4 is 5.32 Å². The maximum Gasteiger partial charge on any atom is 0.173 e. The summed E-state index contributed by atoms with van der Waals surface area (Å²) in [6, 6.07) is 11.9. The number of anilines is 1. The summed E-state index contributed by atoms with van der Waals surface area (Å²) in [5.41, 5.74) is 3.07. The molecule has 0 spiro atoms. The lowest BCUT2D eigenvalue weighted by atomic mass is 10.1. The fourth-order valence-electron chi connectivity index (χ4n) is 2.57. The first-order valence-electron chi connectivity index (χ1n) is 8.63. The van der Waals surface area contributed by atoms with Crippen molar-refractivity contribution in [3.63, 3.8) is 0 Å². The molecular formula is C20H26ClN3S. The van der Waals surface area contributed by atoms with Crippen molar-refractivity contribution in [3.8, 4) is 0 Å². The van der Waals surface area contributed by atoms with Crippen LogP contribution in [0.3, 0.4) is 0 Å². The molecule has 2 aromatic rings. The molecule has 0 bridgehead atoms. The van der Waals surface area contributed by atoms with E-state index in [2.05, 4.69) is 36.0 Å². The number of nitrogens with zero attached hydrogens (tertiary/aromatic N) is 2. The number of pyridine rings is 1. The summed E-state index contributed by atoms with van der Waals surface area (Å²) in [4.78, 5) is 6.70. The molecule has 0 amide bonds. The van der Waals surface area contributed by atoms with E-state index in [-0.39, 0.29) is 6.04 Å². The van der Waals surface area contributed by atoms with Crippen molar-refractivity contribution in [3.05, 3.63) is 58.9 Å². The molecule has 5 heteroatoms. The topological polar surface area (TPSA) is 28.2 Å². The summed E-state index contributed by atoms with van der Waals surface area (Å²) in [6.07, 6.45) is 2.89. The van der Waals surface area contributed by atoms with E-state index >= 15 is 0 Å². The zero-order valence-corrected chi connectivity index (χ0v) is 16.9. The van der Waals surface area contributed by atoms with E-state index in [1.54, 1.807) is 0 Å². The van der Waals surface area contributed by atoms with Gasteiger partial charge in [-0.1, -0.05) is 37.6 Å². The van der Waals surface area contributed by atoms with Crippen LogP contribution in [-0.2, 0) is 0 Å². The summed E-state index contributed by atoms with van der Waals surface area (Å²) in [6.45, 7) is 9.51. The average Bonchev–Trinajstić information content (AvgIpc) is 2.58. The van der Waals surface area contributed by atoms with E-state index in [1.165, 1.54) is 0 Å². The minimum absolute atomic E-state index is 0.0967. The minimum atomic E-state index is 0.0967. The second-order valence-electron chi connectivity index (χ2n) is 6.70. The Morgan fingerprint density at radius 1 is 1.24 bits per heavy atom. The molecule has 1 heterocycles. The SMILES string of the molecule is Cc1ccc(Cl)cc1NC(=S)N(CCC(C)C)C(C)c1ccccn1. The number of nitrogens with one attached hydrogen (secondary N) is 1. The number of thiocarbonyl (C=S) groups is 1. The second-order valence-corrected chi connectivity index (χ2v) is 7.52. The van der Waals surface area contributed by atoms with Gasteiger partial charge in [0.25, 0.3) is 0 Å². The van der Waals surface area contributed by atoms with Gasteiger partial charge in [-0.3, -0.25) is 4.98 Å². The molecule has 1 unspecified atom stereocenters. The van der Waals surface area contributed by atoms with Crippen LogP contribution in [0, 0.1) is 12.8 Å². The Labute approximate surface area is 161 Å². The highest BCUT2D eigenvalue weighted by atomic mass is 35.5. The fourth-order valence-corrected chi connectivity index (χ4v) is 3.10. The molecule has 0 aliphatic heterocycles. The maximum absolute atomic E-state index is 6.13. The molecule has 0 radical (unpaired) electrons. The third-order valence-electron chi connectivity index (χ3n) is 4.23. The predicted octanol–water partition coefficient (Wildman–Crippen LogP) is 5.85. The Bertz CT molecular complexity index is 703. The monoisotopic (exact) mass is 375 g/mol. The standard InChI is InChI=1S/C20H26ClN3S/c1-14(2)10-12-24(16(4)18-7-5-6-11-22-18)20(25)23-19-13-17(21)9-8-15(19)3/h5-9,11,13-14,16H,10,12H2,1-4H3,(H,23,25). The Kier molecular flexibility index (Phi) is 7.21. The molecular weight excluding hydrogens is 350 g/mol. The highest BCUT2D eigenvalue weighted by Gasteiger charge is 2.20. The van der Waals surface area contributed by atoms with Gasteiger partial charge in [0, 0.05) is 23.5 Å². The van der Waals surface area contributed by atoms with Gasteiger partial charge in [-0.15, -0.1) is 0 Å². The van der Waals surface area contributed by atoms with E-state index in [0.717, 1.165) is 29.9 Å². The van der Waals surface area contributed by atoms with Gasteiger partial charge in [0.2, 0.25) is 0 Å². The molecule has 0 aliphatic rings. The summed E-state index contributed by atoms with van der Waals surface area (Å²) in [5.74, 6) is 0.606. The van der Waals surface area contributed by atoms with Crippen LogP contribution in [0.2, 0.25) is 5.02 Å². The van der Waals surface area contributed by atoms with Crippen LogP contribution in [0.25, 0.3) is 0 Å². The first-order valence-corrected chi connectivity index (χ1v) is 9.41. The van der Waals surface area contributed by atoms with Gasteiger partial charge < -0.3 is 10.2 Å². The lowest BCUT2D eigenvalue weighted by Crippen LogP contribution is -2.38. The molecule has 0 aliphatic carbocycles. The molecule has 1 aromatic carbocycles. The van der Waals surface area contributed by atoms with Crippen molar-refractivity contribution < 1.29 is 0 Å². The molecule has 3 nitrogen and oxygen atoms in total. The molecule has 0 saturated heterocycles. The van der Waals surface area contributed by atoms with E-state index in [0.29, 0.717) is 16.1 Å². The molecule has 134 valence electrons. The van der Waals surface area contributed by atoms with Gasteiger partial charge in [-0.25, -0.2) is 0 Å². The van der Waals surface area contributed by atoms with E-state index in [1.807, 2.05) is 49.5 Å². The quantitative estimate of drug-likeness (QED) is 0.641. The van der Waals surface area contributed by atoms with Gasteiger partial charge in [-0.2, -0.15) is 0 Å². The Balaban J connectivity index is 2.21. The Morgan fingerprint density at radius 3 is 2.64 bits per heavy atom. The van der Waals surface area contributed by atoms with Gasteiger partial charge >= 0.3 is 0 Å². The highest BCUT2D eigenvalue weighted by molar-refractivity contribution is 7.80. The van der Waals surface area contributed by atoms with Crippen molar-refractivity contribution in [2.45, 2.75) is 40.2 Å². The van der Waals surface area contributed by atoms with Crippen LogP contribution in [0.15, 0.2) is 42.6 Å². The number of rotatable bonds is 6. The van der Waals surface area contributed by atoms with Crippen molar-refractivity contribution in [2.24, 2.45) is 5.92 Å². The van der Waals surface area contributed by atoms with Gasteiger partial charge in [0.05, 0.1) is 11.7 Å². The van der Waals surface area contributed by atoms with Gasteiger partial charge in [0.1, 0.15) is 0 Å². The maximum atomic E-state index is 6.13. The average molecular weight is 376 g/mol. The predicted molar refractivity (Wildman–Crippen MR) is 111 cm³/mol. The number of hydrogen-bond donors (Lipinski definition) is 1. The molecule has 1 N–H and O–H groups in total. The first kappa shape index (κ1) is 19.7. The minimum Gasteiger partial charge on any atom is -0.341 e. The first-order chi connectivity index (χ1) is 11.9. The second kappa shape index (κ2) is 9.16. The van der Waals surface area contributed by atoms with Crippen molar-refractivity contribution in [1.82, 2.24) is 9.88 Å². The molecule has 0 saturated carbocycles. The molecule has 25 heavy (non-hydrogen) atoms. The van der Waals surface area contributed by atoms with E-state index in [9.17, 15) is 0 Å². The van der Waals surface area contributed by atoms with E-state index < -0.39 is 0 Å². The third kappa shape index (κ3) is 5.68. The van der Waals surface area contributed by atoms with Crippen LogP contribution in [0.1, 0.15) is 44.5 Å². The summed E-state index contributed by atoms with van der Waals surface area (Å²) in [7, 11) is 0. The molecule has 2 rings (SSSR count). The largest absolute Gasteiger partial charge is 0.341 e. The van der Waals surface area contributed by atoms with Crippen LogP contribution in [-0.4, -0.2) is 21.5 Å². The van der Waals surface area contributed by atoms with Crippen molar-refractivity contribution in [2.75, 3.05) is 11.9 Å². The van der Waals surface area contributed by atoms with Crippen molar-refractivity contribution in [1.29, 1.82) is 0 Å². The normalized spacial score (nSPS) is 12.1. The fraction of sp³-hybridized carbons (Fsp3) is 0.400. The third-order valence-corrected chi connectivity index (χ3v) is 4.80. The smallest absolute Gasteiger partial charge is 0.173 e. The zero-order chi connectivity index (χ0) is 18.4. The summed E-state index contributed by atoms with van der Waals surface area (Å²) in [5, 5.41) is 4.77. The lowest BCUT2D eigenvalue weighted by molar-refractivity contribution is 0.313. The van der Waals surface area contributed by atoms with Crippen LogP contribution >= 0.6 is 23.8 Å². The summed E-state index contributed by atoms with van der Waals surface area (Å²) < 4.78 is 0. The van der Waals surface area contributed by atoms with Crippen LogP contribution in [0.4, 0.5) is 5.69 Å². The molecule has 0 fully saturated rings. The van der Waals surface area contributed by atoms with E-state index in [4.69, 9.17) is 23.8 Å². The lowest BCUT2D eigenvalue weighted by Gasteiger charge is -2.32. The van der Waals surface area contributed by atoms with Crippen molar-refractivity contribution >= 4 is 34.6 Å². The highest BCUT2D eigenvalue weighted by Crippen LogP contribution is 2.24. The number of hydrogen-bond acceptors (Lipinski definition) is 2. The molecule has 1 atom stereocenters. The van der Waals surface area contributed by atoms with Crippen LogP contribution in [0.5, 0.6) is 0 Å². The number of halogens is 1. The number of benzene rings is 1. The summed E-state index contributed by atoms with van der Waals surface area (Å²) >= 11 is 11.9. The molecule has 1 aromatic heterocycles. The number of aromatic nitrogens is 1.